The molecule has 0 unspecified atom stereocenters. The fraction of sp³-hybridized carbons (Fsp3) is 0.923. The second-order valence-electron chi connectivity index (χ2n) is 4.48. The first kappa shape index (κ1) is 24.9. The van der Waals surface area contributed by atoms with E-state index in [9.17, 15) is 0 Å². The molecule has 112 valence electrons. The second kappa shape index (κ2) is 18.9. The van der Waals surface area contributed by atoms with Crippen LogP contribution in [0.25, 0.3) is 0 Å². The van der Waals surface area contributed by atoms with Crippen molar-refractivity contribution in [3.8, 4) is 0 Å². The molecule has 0 bridgehead atoms. The summed E-state index contributed by atoms with van der Waals surface area (Å²) in [7, 11) is -4.67. The van der Waals surface area contributed by atoms with Crippen molar-refractivity contribution < 1.29 is 47.1 Å². The predicted octanol–water partition coefficient (Wildman–Crippen LogP) is 1.48. The molecule has 6 heteroatoms. The minimum Gasteiger partial charge on any atom is -0.343 e. The maximum absolute atomic E-state index is 8.74. The molecule has 0 spiro atoms. The first-order valence-electron chi connectivity index (χ1n) is 6.91. The van der Waals surface area contributed by atoms with E-state index in [1.165, 1.54) is 64.2 Å². The Balaban J connectivity index is -0.000000366. The minimum absolute atomic E-state index is 0. The van der Waals surface area contributed by atoms with Crippen LogP contribution < -0.4 is 29.6 Å². The van der Waals surface area contributed by atoms with Gasteiger partial charge in [-0.3, -0.25) is 9.11 Å². The fourth-order valence-electron chi connectivity index (χ4n) is 1.66. The van der Waals surface area contributed by atoms with Crippen molar-refractivity contribution >= 4 is 10.4 Å². The molecule has 0 aromatic heterocycles. The summed E-state index contributed by atoms with van der Waals surface area (Å²) in [5.41, 5.74) is 0. The van der Waals surface area contributed by atoms with Crippen molar-refractivity contribution in [1.29, 1.82) is 0 Å². The molecule has 0 aliphatic carbocycles. The molecule has 0 aliphatic rings. The van der Waals surface area contributed by atoms with E-state index in [0.29, 0.717) is 0 Å². The number of rotatable bonds is 10. The van der Waals surface area contributed by atoms with Gasteiger partial charge in [-0.2, -0.15) is 14.8 Å². The van der Waals surface area contributed by atoms with E-state index in [4.69, 9.17) is 17.5 Å². The quantitative estimate of drug-likeness (QED) is 0.277. The van der Waals surface area contributed by atoms with E-state index < -0.39 is 10.4 Å². The smallest absolute Gasteiger partial charge is 0.343 e. The van der Waals surface area contributed by atoms with Gasteiger partial charge in [-0.15, -0.1) is 0 Å². The fourth-order valence-corrected chi connectivity index (χ4v) is 1.66. The summed E-state index contributed by atoms with van der Waals surface area (Å²) in [6, 6.07) is 0. The van der Waals surface area contributed by atoms with E-state index in [0.717, 1.165) is 6.42 Å². The van der Waals surface area contributed by atoms with Crippen LogP contribution in [0.4, 0.5) is 0 Å². The molecule has 0 aromatic carbocycles. The van der Waals surface area contributed by atoms with Gasteiger partial charge in [0.2, 0.25) is 0 Å². The van der Waals surface area contributed by atoms with Crippen LogP contribution in [0.15, 0.2) is 0 Å². The van der Waals surface area contributed by atoms with E-state index in [-0.39, 0.29) is 29.6 Å². The standard InChI is InChI=1S/C13H27.Na.H2O4S/c1-3-5-7-9-11-13-12-10-8-6-4-2;;1-5(2,3)4/h1,3-13H2,2H3;;(H2,1,2,3,4)/q-1;+1;. The Morgan fingerprint density at radius 3 is 1.32 bits per heavy atom. The molecule has 4 nitrogen and oxygen atoms in total. The van der Waals surface area contributed by atoms with E-state index in [2.05, 4.69) is 13.8 Å². The van der Waals surface area contributed by atoms with Gasteiger partial charge in [0, 0.05) is 0 Å². The summed E-state index contributed by atoms with van der Waals surface area (Å²) in [6.45, 7) is 6.13. The van der Waals surface area contributed by atoms with Gasteiger partial charge in [-0.1, -0.05) is 71.1 Å². The molecule has 0 amide bonds. The molecule has 0 fully saturated rings. The van der Waals surface area contributed by atoms with E-state index in [1.807, 2.05) is 0 Å². The summed E-state index contributed by atoms with van der Waals surface area (Å²) in [5, 5.41) is 0. The van der Waals surface area contributed by atoms with Crippen LogP contribution in [0.5, 0.6) is 0 Å². The molecule has 0 saturated carbocycles. The van der Waals surface area contributed by atoms with Crippen molar-refractivity contribution in [3.05, 3.63) is 6.92 Å². The largest absolute Gasteiger partial charge is 1.00 e. The average molecular weight is 304 g/mol. The van der Waals surface area contributed by atoms with Crippen molar-refractivity contribution in [1.82, 2.24) is 0 Å². The summed E-state index contributed by atoms with van der Waals surface area (Å²) in [4.78, 5) is 0. The summed E-state index contributed by atoms with van der Waals surface area (Å²) < 4.78 is 31.6. The van der Waals surface area contributed by atoms with Crippen LogP contribution in [0.3, 0.4) is 0 Å². The van der Waals surface area contributed by atoms with Gasteiger partial charge in [0.05, 0.1) is 0 Å². The van der Waals surface area contributed by atoms with Crippen molar-refractivity contribution in [3.63, 3.8) is 0 Å². The van der Waals surface area contributed by atoms with Crippen LogP contribution in [0.2, 0.25) is 0 Å². The molecule has 0 radical (unpaired) electrons. The molecule has 0 heterocycles. The van der Waals surface area contributed by atoms with Gasteiger partial charge < -0.3 is 6.92 Å². The number of hydrogen-bond donors (Lipinski definition) is 2. The van der Waals surface area contributed by atoms with Gasteiger partial charge in [0.25, 0.3) is 0 Å². The molecule has 0 aromatic rings. The Morgan fingerprint density at radius 1 is 0.789 bits per heavy atom. The van der Waals surface area contributed by atoms with Gasteiger partial charge in [-0.25, -0.2) is 0 Å². The van der Waals surface area contributed by atoms with Crippen LogP contribution in [-0.4, -0.2) is 17.5 Å². The summed E-state index contributed by atoms with van der Waals surface area (Å²) >= 11 is 0. The summed E-state index contributed by atoms with van der Waals surface area (Å²) in [6.07, 6.45) is 15.4. The molecule has 0 atom stereocenters. The molecular weight excluding hydrogens is 275 g/mol. The molecule has 0 rings (SSSR count). The third-order valence-corrected chi connectivity index (χ3v) is 2.60. The Bertz CT molecular complexity index is 225. The van der Waals surface area contributed by atoms with Gasteiger partial charge in [0.1, 0.15) is 0 Å². The number of hydrogen-bond acceptors (Lipinski definition) is 2. The van der Waals surface area contributed by atoms with E-state index in [1.54, 1.807) is 0 Å². The summed E-state index contributed by atoms with van der Waals surface area (Å²) in [5.74, 6) is 0. The monoisotopic (exact) mass is 304 g/mol. The molecule has 19 heavy (non-hydrogen) atoms. The normalized spacial score (nSPS) is 10.3. The Kier molecular flexibility index (Phi) is 24.7. The Hall–Kier alpha value is 0.870. The van der Waals surface area contributed by atoms with Gasteiger partial charge >= 0.3 is 40.0 Å². The maximum atomic E-state index is 8.74. The van der Waals surface area contributed by atoms with Crippen molar-refractivity contribution in [2.75, 3.05) is 0 Å². The number of unbranched alkanes of at least 4 members (excludes halogenated alkanes) is 10. The van der Waals surface area contributed by atoms with Gasteiger partial charge in [-0.05, 0) is 0 Å². The average Bonchev–Trinajstić information content (AvgIpc) is 2.25. The zero-order chi connectivity index (χ0) is 14.3. The Morgan fingerprint density at radius 2 is 1.05 bits per heavy atom. The zero-order valence-electron chi connectivity index (χ0n) is 12.6. The predicted molar refractivity (Wildman–Crippen MR) is 76.0 cm³/mol. The first-order valence-corrected chi connectivity index (χ1v) is 8.30. The van der Waals surface area contributed by atoms with Crippen LogP contribution in [-0.2, 0) is 10.4 Å². The Labute approximate surface area is 141 Å². The first-order chi connectivity index (χ1) is 8.41. The topological polar surface area (TPSA) is 74.6 Å². The molecule has 0 aliphatic heterocycles. The third-order valence-electron chi connectivity index (χ3n) is 2.60. The van der Waals surface area contributed by atoms with Crippen molar-refractivity contribution in [2.45, 2.75) is 77.6 Å². The maximum Gasteiger partial charge on any atom is 1.00 e. The molecule has 0 saturated heterocycles. The van der Waals surface area contributed by atoms with E-state index >= 15 is 0 Å². The van der Waals surface area contributed by atoms with Crippen LogP contribution in [0.1, 0.15) is 77.6 Å². The second-order valence-corrected chi connectivity index (χ2v) is 5.38. The van der Waals surface area contributed by atoms with Crippen molar-refractivity contribution in [2.24, 2.45) is 0 Å². The SMILES string of the molecule is O=S(=O)(O)O.[CH2-]CCCCCCCCCCCC.[Na+]. The van der Waals surface area contributed by atoms with Gasteiger partial charge in [0.15, 0.2) is 0 Å². The molecule has 2 N–H and O–H groups in total. The van der Waals surface area contributed by atoms with Crippen LogP contribution in [0, 0.1) is 6.92 Å². The molecular formula is C13H29NaO4S. The van der Waals surface area contributed by atoms with Crippen LogP contribution >= 0.6 is 0 Å². The zero-order valence-corrected chi connectivity index (χ0v) is 15.4. The third kappa shape index (κ3) is 45.5. The minimum atomic E-state index is -4.67.